The lowest BCUT2D eigenvalue weighted by atomic mass is 10.3. The molecule has 2 aromatic heterocycles. The second-order valence-corrected chi connectivity index (χ2v) is 6.26. The smallest absolute Gasteiger partial charge is 0.267 e. The highest BCUT2D eigenvalue weighted by Crippen LogP contribution is 2.34. The maximum Gasteiger partial charge on any atom is 0.267 e. The monoisotopic (exact) mass is 355 g/mol. The van der Waals surface area contributed by atoms with Crippen LogP contribution < -0.4 is 20.3 Å². The van der Waals surface area contributed by atoms with Crippen molar-refractivity contribution in [2.24, 2.45) is 0 Å². The third kappa shape index (κ3) is 3.24. The molecular weight excluding hydrogens is 342 g/mol. The first-order valence-electron chi connectivity index (χ1n) is 7.50. The number of fused-ring (bicyclic) bond motifs is 1. The van der Waals surface area contributed by atoms with E-state index in [4.69, 9.17) is 9.47 Å². The molecule has 0 radical (unpaired) electrons. The molecule has 1 aromatic carbocycles. The number of aromatic nitrogens is 2. The fourth-order valence-electron chi connectivity index (χ4n) is 2.43. The van der Waals surface area contributed by atoms with Crippen LogP contribution in [0.1, 0.15) is 0 Å². The molecule has 0 aliphatic carbocycles. The van der Waals surface area contributed by atoms with E-state index in [2.05, 4.69) is 10.4 Å². The molecule has 0 atom stereocenters. The van der Waals surface area contributed by atoms with E-state index in [1.807, 2.05) is 17.5 Å². The van der Waals surface area contributed by atoms with Gasteiger partial charge in [-0.3, -0.25) is 9.59 Å². The first kappa shape index (κ1) is 15.4. The number of rotatable bonds is 4. The van der Waals surface area contributed by atoms with Crippen LogP contribution in [0.3, 0.4) is 0 Å². The summed E-state index contributed by atoms with van der Waals surface area (Å²) in [6.07, 6.45) is 0. The fraction of sp³-hybridized carbons (Fsp3) is 0.118. The molecule has 0 fully saturated rings. The highest BCUT2D eigenvalue weighted by Gasteiger charge is 2.15. The van der Waals surface area contributed by atoms with Crippen molar-refractivity contribution in [1.29, 1.82) is 0 Å². The van der Waals surface area contributed by atoms with Crippen LogP contribution in [0.15, 0.2) is 52.6 Å². The van der Waals surface area contributed by atoms with Gasteiger partial charge in [0.2, 0.25) is 12.7 Å². The summed E-state index contributed by atoms with van der Waals surface area (Å²) in [5.74, 6) is 0.865. The third-order valence-electron chi connectivity index (χ3n) is 3.59. The average Bonchev–Trinajstić information content (AvgIpc) is 3.27. The minimum atomic E-state index is -0.350. The number of benzene rings is 1. The largest absolute Gasteiger partial charge is 0.454 e. The summed E-state index contributed by atoms with van der Waals surface area (Å²) in [7, 11) is 0. The molecule has 0 saturated heterocycles. The number of hydrogen-bond acceptors (Lipinski definition) is 6. The zero-order valence-corrected chi connectivity index (χ0v) is 13.8. The van der Waals surface area contributed by atoms with Gasteiger partial charge in [0.1, 0.15) is 12.2 Å². The summed E-state index contributed by atoms with van der Waals surface area (Å²) in [5.41, 5.74) is 0.892. The lowest BCUT2D eigenvalue weighted by molar-refractivity contribution is -0.117. The molecule has 0 unspecified atom stereocenters. The molecule has 3 heterocycles. The van der Waals surface area contributed by atoms with Crippen LogP contribution in [0.4, 0.5) is 5.69 Å². The molecule has 1 amide bonds. The highest BCUT2D eigenvalue weighted by molar-refractivity contribution is 7.13. The Kier molecular flexibility index (Phi) is 3.95. The van der Waals surface area contributed by atoms with E-state index in [9.17, 15) is 9.59 Å². The number of nitrogens with one attached hydrogen (secondary N) is 1. The molecule has 126 valence electrons. The van der Waals surface area contributed by atoms with Crippen molar-refractivity contribution in [1.82, 2.24) is 9.78 Å². The number of nitrogens with zero attached hydrogens (tertiary/aromatic N) is 2. The molecule has 25 heavy (non-hydrogen) atoms. The zero-order chi connectivity index (χ0) is 17.2. The van der Waals surface area contributed by atoms with Gasteiger partial charge in [-0.1, -0.05) is 6.07 Å². The summed E-state index contributed by atoms with van der Waals surface area (Å²) in [5, 5.41) is 8.92. The Balaban J connectivity index is 1.51. The summed E-state index contributed by atoms with van der Waals surface area (Å²) < 4.78 is 11.7. The van der Waals surface area contributed by atoms with Gasteiger partial charge in [0.05, 0.1) is 4.88 Å². The minimum absolute atomic E-state index is 0.168. The molecule has 3 aromatic rings. The number of ether oxygens (including phenoxy) is 2. The van der Waals surface area contributed by atoms with E-state index in [-0.39, 0.29) is 24.8 Å². The summed E-state index contributed by atoms with van der Waals surface area (Å²) >= 11 is 1.52. The lowest BCUT2D eigenvalue weighted by Gasteiger charge is -2.08. The van der Waals surface area contributed by atoms with Crippen molar-refractivity contribution >= 4 is 22.9 Å². The van der Waals surface area contributed by atoms with E-state index in [1.54, 1.807) is 24.3 Å². The van der Waals surface area contributed by atoms with Gasteiger partial charge in [0, 0.05) is 17.8 Å². The van der Waals surface area contributed by atoms with E-state index in [1.165, 1.54) is 17.4 Å². The molecular formula is C17H13N3O4S. The van der Waals surface area contributed by atoms with Crippen LogP contribution in [0.2, 0.25) is 0 Å². The molecule has 1 N–H and O–H groups in total. The second-order valence-electron chi connectivity index (χ2n) is 5.31. The van der Waals surface area contributed by atoms with Crippen molar-refractivity contribution in [2.45, 2.75) is 6.54 Å². The van der Waals surface area contributed by atoms with Gasteiger partial charge in [-0.15, -0.1) is 11.3 Å². The summed E-state index contributed by atoms with van der Waals surface area (Å²) in [6, 6.07) is 12.0. The maximum atomic E-state index is 12.3. The minimum Gasteiger partial charge on any atom is -0.454 e. The molecule has 1 aliphatic rings. The number of carbonyl (C=O) groups is 1. The van der Waals surface area contributed by atoms with Crippen molar-refractivity contribution in [3.05, 3.63) is 58.2 Å². The Morgan fingerprint density at radius 3 is 2.92 bits per heavy atom. The fourth-order valence-corrected chi connectivity index (χ4v) is 3.12. The van der Waals surface area contributed by atoms with Gasteiger partial charge in [-0.05, 0) is 29.6 Å². The van der Waals surface area contributed by atoms with Gasteiger partial charge in [-0.2, -0.15) is 5.10 Å². The van der Waals surface area contributed by atoms with E-state index in [0.717, 1.165) is 9.56 Å². The van der Waals surface area contributed by atoms with Gasteiger partial charge in [-0.25, -0.2) is 4.68 Å². The van der Waals surface area contributed by atoms with E-state index >= 15 is 0 Å². The van der Waals surface area contributed by atoms with Crippen LogP contribution in [-0.2, 0) is 11.3 Å². The Hall–Kier alpha value is -3.13. The van der Waals surface area contributed by atoms with E-state index < -0.39 is 0 Å². The van der Waals surface area contributed by atoms with Crippen LogP contribution in [0.25, 0.3) is 10.6 Å². The number of thiophene rings is 1. The topological polar surface area (TPSA) is 82.5 Å². The third-order valence-corrected chi connectivity index (χ3v) is 4.48. The molecule has 0 spiro atoms. The molecule has 1 aliphatic heterocycles. The lowest BCUT2D eigenvalue weighted by Crippen LogP contribution is -2.29. The Morgan fingerprint density at radius 2 is 2.08 bits per heavy atom. The van der Waals surface area contributed by atoms with E-state index in [0.29, 0.717) is 22.9 Å². The summed E-state index contributed by atoms with van der Waals surface area (Å²) in [6.45, 7) is -0.00590. The van der Waals surface area contributed by atoms with Crippen molar-refractivity contribution in [2.75, 3.05) is 12.1 Å². The van der Waals surface area contributed by atoms with Gasteiger partial charge < -0.3 is 14.8 Å². The van der Waals surface area contributed by atoms with Crippen LogP contribution in [-0.4, -0.2) is 22.5 Å². The summed E-state index contributed by atoms with van der Waals surface area (Å²) in [4.78, 5) is 25.2. The van der Waals surface area contributed by atoms with Gasteiger partial charge in [0.15, 0.2) is 11.5 Å². The quantitative estimate of drug-likeness (QED) is 0.777. The Labute approximate surface area is 146 Å². The normalized spacial score (nSPS) is 12.2. The first-order valence-corrected chi connectivity index (χ1v) is 8.38. The van der Waals surface area contributed by atoms with Crippen LogP contribution in [0.5, 0.6) is 11.5 Å². The molecule has 7 nitrogen and oxygen atoms in total. The Morgan fingerprint density at radius 1 is 1.20 bits per heavy atom. The average molecular weight is 355 g/mol. The number of carbonyl (C=O) groups excluding carboxylic acids is 1. The van der Waals surface area contributed by atoms with Gasteiger partial charge in [0.25, 0.3) is 5.56 Å². The number of amides is 1. The van der Waals surface area contributed by atoms with Gasteiger partial charge >= 0.3 is 0 Å². The predicted molar refractivity (Wildman–Crippen MR) is 93.0 cm³/mol. The molecule has 4 rings (SSSR count). The highest BCUT2D eigenvalue weighted by atomic mass is 32.1. The van der Waals surface area contributed by atoms with Crippen molar-refractivity contribution < 1.29 is 14.3 Å². The van der Waals surface area contributed by atoms with Crippen molar-refractivity contribution in [3.8, 4) is 22.1 Å². The molecule has 8 heteroatoms. The predicted octanol–water partition coefficient (Wildman–Crippen LogP) is 2.34. The molecule has 0 bridgehead atoms. The Bertz CT molecular complexity index is 982. The van der Waals surface area contributed by atoms with Crippen LogP contribution >= 0.6 is 11.3 Å². The number of hydrogen-bond donors (Lipinski definition) is 1. The number of anilines is 1. The first-order chi connectivity index (χ1) is 12.2. The molecule has 0 saturated carbocycles. The second kappa shape index (κ2) is 6.40. The SMILES string of the molecule is O=C(Cn1nc(-c2cccs2)ccc1=O)Nc1ccc2c(c1)OCO2. The maximum absolute atomic E-state index is 12.3. The standard InChI is InChI=1S/C17H13N3O4S/c21-16(18-11-3-5-13-14(8-11)24-10-23-13)9-20-17(22)6-4-12(19-20)15-2-1-7-25-15/h1-8H,9-10H2,(H,18,21). The zero-order valence-electron chi connectivity index (χ0n) is 13.0. The van der Waals surface area contributed by atoms with Crippen molar-refractivity contribution in [3.63, 3.8) is 0 Å². The van der Waals surface area contributed by atoms with Crippen LogP contribution in [0, 0.1) is 0 Å².